The molecule has 0 unspecified atom stereocenters. The Morgan fingerprint density at radius 3 is 2.79 bits per heavy atom. The summed E-state index contributed by atoms with van der Waals surface area (Å²) in [7, 11) is 0. The van der Waals surface area contributed by atoms with E-state index in [-0.39, 0.29) is 5.78 Å². The van der Waals surface area contributed by atoms with Gasteiger partial charge in [-0.2, -0.15) is 0 Å². The van der Waals surface area contributed by atoms with Crippen LogP contribution < -0.4 is 5.32 Å². The van der Waals surface area contributed by atoms with E-state index in [4.69, 9.17) is 0 Å². The molecule has 0 fully saturated rings. The zero-order chi connectivity index (χ0) is 13.7. The number of aromatic nitrogens is 1. The first kappa shape index (κ1) is 13.0. The fraction of sp³-hybridized carbons (Fsp3) is 0.125. The molecule has 1 N–H and O–H groups in total. The van der Waals surface area contributed by atoms with Crippen molar-refractivity contribution in [2.45, 2.75) is 13.8 Å². The van der Waals surface area contributed by atoms with E-state index >= 15 is 0 Å². The van der Waals surface area contributed by atoms with Gasteiger partial charge < -0.3 is 5.32 Å². The number of aryl methyl sites for hydroxylation is 1. The van der Waals surface area contributed by atoms with E-state index in [0.717, 1.165) is 11.4 Å². The van der Waals surface area contributed by atoms with Gasteiger partial charge >= 0.3 is 0 Å². The molecule has 0 aliphatic heterocycles. The molecule has 0 radical (unpaired) electrons. The predicted molar refractivity (Wildman–Crippen MR) is 77.1 cm³/mol. The van der Waals surface area contributed by atoms with Crippen molar-refractivity contribution in [1.29, 1.82) is 0 Å². The van der Waals surface area contributed by atoms with Gasteiger partial charge in [-0.1, -0.05) is 12.1 Å². The van der Waals surface area contributed by atoms with Crippen LogP contribution in [0.25, 0.3) is 0 Å². The van der Waals surface area contributed by atoms with Gasteiger partial charge in [-0.05, 0) is 43.7 Å². The summed E-state index contributed by atoms with van der Waals surface area (Å²) < 4.78 is 0. The molecule has 0 aliphatic rings. The highest BCUT2D eigenvalue weighted by Crippen LogP contribution is 2.12. The second-order valence-electron chi connectivity index (χ2n) is 4.43. The normalized spacial score (nSPS) is 11.2. The van der Waals surface area contributed by atoms with E-state index in [9.17, 15) is 4.79 Å². The Kier molecular flexibility index (Phi) is 4.08. The molecule has 2 aromatic rings. The third-order valence-electron chi connectivity index (χ3n) is 2.65. The molecule has 96 valence electrons. The molecule has 2 rings (SSSR count). The summed E-state index contributed by atoms with van der Waals surface area (Å²) in [5, 5.41) is 3.20. The van der Waals surface area contributed by atoms with Crippen LogP contribution >= 0.6 is 0 Å². The van der Waals surface area contributed by atoms with Crippen molar-refractivity contribution in [3.8, 4) is 0 Å². The summed E-state index contributed by atoms with van der Waals surface area (Å²) in [5.74, 6) is -0.0502. The maximum Gasteiger partial charge on any atom is 0.189 e. The highest BCUT2D eigenvalue weighted by molar-refractivity contribution is 6.04. The molecule has 0 saturated heterocycles. The summed E-state index contributed by atoms with van der Waals surface area (Å²) in [6.07, 6.45) is 4.80. The van der Waals surface area contributed by atoms with Gasteiger partial charge in [-0.25, -0.2) is 0 Å². The number of hydrogen-bond donors (Lipinski definition) is 1. The molecule has 1 aromatic carbocycles. The summed E-state index contributed by atoms with van der Waals surface area (Å²) in [4.78, 5) is 15.9. The standard InChI is InChI=1S/C16H16N2O/c1-12-5-3-7-15(9-12)18-13(2)10-16(19)14-6-4-8-17-11-14/h3-11,18H,1-2H3/b13-10+. The Balaban J connectivity index is 2.09. The monoisotopic (exact) mass is 252 g/mol. The first-order valence-electron chi connectivity index (χ1n) is 6.11. The second-order valence-corrected chi connectivity index (χ2v) is 4.43. The van der Waals surface area contributed by atoms with Crippen molar-refractivity contribution in [2.24, 2.45) is 0 Å². The minimum absolute atomic E-state index is 0.0502. The van der Waals surface area contributed by atoms with Crippen LogP contribution in [0.2, 0.25) is 0 Å². The number of benzene rings is 1. The van der Waals surface area contributed by atoms with Gasteiger partial charge in [0.1, 0.15) is 0 Å². The lowest BCUT2D eigenvalue weighted by Crippen LogP contribution is -2.01. The summed E-state index contributed by atoms with van der Waals surface area (Å²) >= 11 is 0. The number of allylic oxidation sites excluding steroid dienone is 2. The second kappa shape index (κ2) is 5.96. The smallest absolute Gasteiger partial charge is 0.189 e. The van der Waals surface area contributed by atoms with E-state index in [1.54, 1.807) is 30.6 Å². The zero-order valence-corrected chi connectivity index (χ0v) is 11.1. The van der Waals surface area contributed by atoms with Crippen LogP contribution in [0.5, 0.6) is 0 Å². The van der Waals surface area contributed by atoms with E-state index < -0.39 is 0 Å². The van der Waals surface area contributed by atoms with Crippen molar-refractivity contribution in [3.63, 3.8) is 0 Å². The maximum absolute atomic E-state index is 12.0. The molecular formula is C16H16N2O. The third kappa shape index (κ3) is 3.78. The number of hydrogen-bond acceptors (Lipinski definition) is 3. The lowest BCUT2D eigenvalue weighted by molar-refractivity contribution is 0.104. The molecule has 0 atom stereocenters. The minimum Gasteiger partial charge on any atom is -0.359 e. The molecule has 0 bridgehead atoms. The Morgan fingerprint density at radius 1 is 1.26 bits per heavy atom. The Hall–Kier alpha value is -2.42. The molecule has 0 aliphatic carbocycles. The number of rotatable bonds is 4. The van der Waals surface area contributed by atoms with Crippen molar-refractivity contribution < 1.29 is 4.79 Å². The van der Waals surface area contributed by atoms with E-state index in [1.165, 1.54) is 5.56 Å². The number of nitrogens with one attached hydrogen (secondary N) is 1. The van der Waals surface area contributed by atoms with Gasteiger partial charge in [0.2, 0.25) is 0 Å². The van der Waals surface area contributed by atoms with E-state index in [0.29, 0.717) is 5.56 Å². The van der Waals surface area contributed by atoms with Crippen LogP contribution in [-0.4, -0.2) is 10.8 Å². The fourth-order valence-electron chi connectivity index (χ4n) is 1.78. The third-order valence-corrected chi connectivity index (χ3v) is 2.65. The highest BCUT2D eigenvalue weighted by atomic mass is 16.1. The average Bonchev–Trinajstić information content (AvgIpc) is 2.39. The number of ketones is 1. The van der Waals surface area contributed by atoms with Crippen molar-refractivity contribution >= 4 is 11.5 Å². The van der Waals surface area contributed by atoms with E-state index in [1.807, 2.05) is 38.1 Å². The summed E-state index contributed by atoms with van der Waals surface area (Å²) in [5.41, 5.74) is 3.55. The predicted octanol–water partition coefficient (Wildman–Crippen LogP) is 3.59. The topological polar surface area (TPSA) is 42.0 Å². The molecule has 0 amide bonds. The van der Waals surface area contributed by atoms with Gasteiger partial charge in [0, 0.05) is 35.4 Å². The van der Waals surface area contributed by atoms with Gasteiger partial charge in [0.05, 0.1) is 0 Å². The minimum atomic E-state index is -0.0502. The van der Waals surface area contributed by atoms with Gasteiger partial charge in [-0.15, -0.1) is 0 Å². The molecule has 0 spiro atoms. The Labute approximate surface area is 113 Å². The summed E-state index contributed by atoms with van der Waals surface area (Å²) in [6, 6.07) is 11.5. The molecule has 1 aromatic heterocycles. The quantitative estimate of drug-likeness (QED) is 0.668. The fourth-order valence-corrected chi connectivity index (χ4v) is 1.78. The maximum atomic E-state index is 12.0. The van der Waals surface area contributed by atoms with Crippen LogP contribution in [0.1, 0.15) is 22.8 Å². The number of nitrogens with zero attached hydrogens (tertiary/aromatic N) is 1. The summed E-state index contributed by atoms with van der Waals surface area (Å²) in [6.45, 7) is 3.90. The molecule has 19 heavy (non-hydrogen) atoms. The van der Waals surface area contributed by atoms with Crippen LogP contribution in [0.3, 0.4) is 0 Å². The lowest BCUT2D eigenvalue weighted by atomic mass is 10.1. The van der Waals surface area contributed by atoms with Crippen LogP contribution in [-0.2, 0) is 0 Å². The number of pyridine rings is 1. The largest absolute Gasteiger partial charge is 0.359 e. The molecule has 3 heteroatoms. The Morgan fingerprint density at radius 2 is 2.11 bits per heavy atom. The van der Waals surface area contributed by atoms with Crippen LogP contribution in [0.15, 0.2) is 60.6 Å². The molecule has 1 heterocycles. The van der Waals surface area contributed by atoms with E-state index in [2.05, 4.69) is 10.3 Å². The van der Waals surface area contributed by atoms with Gasteiger partial charge in [0.25, 0.3) is 0 Å². The first-order valence-corrected chi connectivity index (χ1v) is 6.11. The molecule has 3 nitrogen and oxygen atoms in total. The van der Waals surface area contributed by atoms with Crippen molar-refractivity contribution in [1.82, 2.24) is 4.98 Å². The average molecular weight is 252 g/mol. The number of carbonyl (C=O) groups is 1. The van der Waals surface area contributed by atoms with Crippen molar-refractivity contribution in [2.75, 3.05) is 5.32 Å². The lowest BCUT2D eigenvalue weighted by Gasteiger charge is -2.07. The molecule has 0 saturated carbocycles. The van der Waals surface area contributed by atoms with Crippen LogP contribution in [0.4, 0.5) is 5.69 Å². The number of carbonyl (C=O) groups excluding carboxylic acids is 1. The number of anilines is 1. The molecular weight excluding hydrogens is 236 g/mol. The van der Waals surface area contributed by atoms with Gasteiger partial charge in [-0.3, -0.25) is 9.78 Å². The zero-order valence-electron chi connectivity index (χ0n) is 11.1. The Bertz CT molecular complexity index is 603. The SMILES string of the molecule is C/C(=C\C(=O)c1cccnc1)Nc1cccc(C)c1. The highest BCUT2D eigenvalue weighted by Gasteiger charge is 2.02. The van der Waals surface area contributed by atoms with Crippen LogP contribution in [0, 0.1) is 6.92 Å². The van der Waals surface area contributed by atoms with Gasteiger partial charge in [0.15, 0.2) is 5.78 Å². The van der Waals surface area contributed by atoms with Crippen molar-refractivity contribution in [3.05, 3.63) is 71.7 Å². The first-order chi connectivity index (χ1) is 9.15.